The number of amides is 1. The molecule has 1 aliphatic rings. The zero-order valence-electron chi connectivity index (χ0n) is 22.5. The number of methoxy groups -OCH3 is 1. The number of nitrogens with two attached hydrogens (primary N) is 2. The normalized spacial score (nSPS) is 15.2. The molecule has 10 heteroatoms. The number of nitrogens with zero attached hydrogens (tertiary/aromatic N) is 2. The number of nitrogens with one attached hydrogen (secondary N) is 1. The molecule has 0 bridgehead atoms. The number of benzene rings is 3. The van der Waals surface area contributed by atoms with Crippen LogP contribution < -0.4 is 20.9 Å². The van der Waals surface area contributed by atoms with E-state index in [1.807, 2.05) is 12.1 Å². The SMILES string of the molecule is COc1ccc2ccc(S(=O)(=O)N[C@@H](CCCN=C(N)N)C(=O)N3CCC(c4cccc(C)c4)CC3)cc2c1. The van der Waals surface area contributed by atoms with Gasteiger partial charge in [-0.15, -0.1) is 0 Å². The predicted octanol–water partition coefficient (Wildman–Crippen LogP) is 3.26. The molecule has 1 fully saturated rings. The van der Waals surface area contributed by atoms with Crippen molar-refractivity contribution in [1.29, 1.82) is 0 Å². The molecule has 0 unspecified atom stereocenters. The Morgan fingerprint density at radius 3 is 2.51 bits per heavy atom. The number of aliphatic imine (C=N–C) groups is 1. The first kappa shape index (κ1) is 28.4. The van der Waals surface area contributed by atoms with E-state index in [0.29, 0.717) is 37.7 Å². The quantitative estimate of drug-likeness (QED) is 0.201. The van der Waals surface area contributed by atoms with E-state index in [0.717, 1.165) is 23.6 Å². The Balaban J connectivity index is 1.50. The Kier molecular flexibility index (Phi) is 9.08. The van der Waals surface area contributed by atoms with E-state index < -0.39 is 16.1 Å². The standard InChI is InChI=1S/C29H37N5O4S/c1-20-5-3-6-23(17-20)22-12-15-34(16-13-22)28(35)27(7-4-14-32-29(30)31)33-39(36,37)26-11-9-21-8-10-25(38-2)18-24(21)19-26/h3,5-6,8-11,17-19,22,27,33H,4,7,12-16H2,1-2H3,(H4,30,31,32)/t27-/m0/s1. The number of fused-ring (bicyclic) bond motifs is 1. The van der Waals surface area contributed by atoms with Crippen molar-refractivity contribution < 1.29 is 17.9 Å². The second-order valence-electron chi connectivity index (χ2n) is 10.0. The fraction of sp³-hybridized carbons (Fsp3) is 0.379. The third-order valence-electron chi connectivity index (χ3n) is 7.19. The number of piperidine rings is 1. The molecule has 5 N–H and O–H groups in total. The second-order valence-corrected chi connectivity index (χ2v) is 11.7. The lowest BCUT2D eigenvalue weighted by Crippen LogP contribution is -2.50. The van der Waals surface area contributed by atoms with E-state index in [4.69, 9.17) is 16.2 Å². The Labute approximate surface area is 230 Å². The maximum absolute atomic E-state index is 13.6. The number of guanidine groups is 1. The van der Waals surface area contributed by atoms with Crippen molar-refractivity contribution in [3.05, 3.63) is 71.8 Å². The molecule has 0 aliphatic carbocycles. The van der Waals surface area contributed by atoms with Crippen molar-refractivity contribution in [3.63, 3.8) is 0 Å². The molecule has 0 radical (unpaired) electrons. The number of carbonyl (C=O) groups is 1. The third kappa shape index (κ3) is 7.27. The van der Waals surface area contributed by atoms with Gasteiger partial charge in [0.15, 0.2) is 5.96 Å². The summed E-state index contributed by atoms with van der Waals surface area (Å²) in [6.07, 6.45) is 2.38. The summed E-state index contributed by atoms with van der Waals surface area (Å²) >= 11 is 0. The van der Waals surface area contributed by atoms with Crippen molar-refractivity contribution in [2.45, 2.75) is 49.5 Å². The molecular formula is C29H37N5O4S. The summed E-state index contributed by atoms with van der Waals surface area (Å²) in [5.41, 5.74) is 13.4. The zero-order valence-corrected chi connectivity index (χ0v) is 23.3. The molecule has 1 atom stereocenters. The lowest BCUT2D eigenvalue weighted by atomic mass is 9.88. The predicted molar refractivity (Wildman–Crippen MR) is 154 cm³/mol. The molecular weight excluding hydrogens is 514 g/mol. The van der Waals surface area contributed by atoms with Crippen LogP contribution in [0.1, 0.15) is 42.7 Å². The van der Waals surface area contributed by atoms with Gasteiger partial charge in [-0.05, 0) is 79.1 Å². The molecule has 3 aromatic carbocycles. The fourth-order valence-electron chi connectivity index (χ4n) is 5.07. The van der Waals surface area contributed by atoms with Crippen LogP contribution in [-0.2, 0) is 14.8 Å². The van der Waals surface area contributed by atoms with Gasteiger partial charge in [-0.3, -0.25) is 9.79 Å². The topological polar surface area (TPSA) is 140 Å². The molecule has 0 aromatic heterocycles. The summed E-state index contributed by atoms with van der Waals surface area (Å²) in [6.45, 7) is 3.52. The molecule has 1 heterocycles. The van der Waals surface area contributed by atoms with Gasteiger partial charge >= 0.3 is 0 Å². The molecule has 1 amide bonds. The van der Waals surface area contributed by atoms with E-state index >= 15 is 0 Å². The van der Waals surface area contributed by atoms with Gasteiger partial charge in [0.25, 0.3) is 0 Å². The number of sulfonamides is 1. The van der Waals surface area contributed by atoms with Crippen molar-refractivity contribution >= 4 is 32.7 Å². The van der Waals surface area contributed by atoms with Crippen LogP contribution in [0.5, 0.6) is 5.75 Å². The Morgan fingerprint density at radius 2 is 1.82 bits per heavy atom. The highest BCUT2D eigenvalue weighted by atomic mass is 32.2. The van der Waals surface area contributed by atoms with Gasteiger partial charge in [0, 0.05) is 19.6 Å². The highest BCUT2D eigenvalue weighted by Crippen LogP contribution is 2.29. The summed E-state index contributed by atoms with van der Waals surface area (Å²) in [5, 5.41) is 1.61. The third-order valence-corrected chi connectivity index (χ3v) is 8.66. The van der Waals surface area contributed by atoms with E-state index in [1.54, 1.807) is 36.3 Å². The van der Waals surface area contributed by atoms with E-state index in [9.17, 15) is 13.2 Å². The molecule has 4 rings (SSSR count). The van der Waals surface area contributed by atoms with Gasteiger partial charge in [-0.2, -0.15) is 4.72 Å². The van der Waals surface area contributed by atoms with Crippen LogP contribution in [0.2, 0.25) is 0 Å². The molecule has 0 saturated carbocycles. The van der Waals surface area contributed by atoms with Gasteiger partial charge in [0.2, 0.25) is 15.9 Å². The van der Waals surface area contributed by atoms with Crippen LogP contribution in [0.25, 0.3) is 10.8 Å². The van der Waals surface area contributed by atoms with Gasteiger partial charge < -0.3 is 21.1 Å². The summed E-state index contributed by atoms with van der Waals surface area (Å²) < 4.78 is 34.9. The highest BCUT2D eigenvalue weighted by Gasteiger charge is 2.32. The first-order valence-electron chi connectivity index (χ1n) is 13.2. The van der Waals surface area contributed by atoms with Crippen LogP contribution in [-0.4, -0.2) is 58.0 Å². The zero-order chi connectivity index (χ0) is 28.0. The summed E-state index contributed by atoms with van der Waals surface area (Å²) in [7, 11) is -2.43. The van der Waals surface area contributed by atoms with Crippen LogP contribution >= 0.6 is 0 Å². The second kappa shape index (κ2) is 12.5. The minimum Gasteiger partial charge on any atom is -0.497 e. The average molecular weight is 552 g/mol. The van der Waals surface area contributed by atoms with Crippen molar-refractivity contribution in [2.75, 3.05) is 26.7 Å². The molecule has 9 nitrogen and oxygen atoms in total. The number of hydrogen-bond donors (Lipinski definition) is 3. The van der Waals surface area contributed by atoms with Gasteiger partial charge in [-0.25, -0.2) is 8.42 Å². The number of hydrogen-bond acceptors (Lipinski definition) is 5. The van der Waals surface area contributed by atoms with Crippen molar-refractivity contribution in [2.24, 2.45) is 16.5 Å². The van der Waals surface area contributed by atoms with Gasteiger partial charge in [0.1, 0.15) is 11.8 Å². The lowest BCUT2D eigenvalue weighted by Gasteiger charge is -2.34. The summed E-state index contributed by atoms with van der Waals surface area (Å²) in [5.74, 6) is 0.740. The number of likely N-dealkylation sites (tertiary alicyclic amines) is 1. The van der Waals surface area contributed by atoms with Gasteiger partial charge in [-0.1, -0.05) is 42.0 Å². The van der Waals surface area contributed by atoms with Crippen molar-refractivity contribution in [3.8, 4) is 5.75 Å². The minimum atomic E-state index is -3.99. The van der Waals surface area contributed by atoms with E-state index in [2.05, 4.69) is 40.9 Å². The molecule has 0 spiro atoms. The van der Waals surface area contributed by atoms with E-state index in [-0.39, 0.29) is 23.2 Å². The number of rotatable bonds is 10. The van der Waals surface area contributed by atoms with Crippen LogP contribution in [0.15, 0.2) is 70.6 Å². The van der Waals surface area contributed by atoms with Gasteiger partial charge in [0.05, 0.1) is 12.0 Å². The minimum absolute atomic E-state index is 0.0386. The first-order chi connectivity index (χ1) is 18.7. The first-order valence-corrected chi connectivity index (χ1v) is 14.7. The van der Waals surface area contributed by atoms with Crippen LogP contribution in [0.3, 0.4) is 0 Å². The van der Waals surface area contributed by atoms with E-state index in [1.165, 1.54) is 11.1 Å². The number of carbonyl (C=O) groups excluding carboxylic acids is 1. The number of ether oxygens (including phenoxy) is 1. The molecule has 1 saturated heterocycles. The van der Waals surface area contributed by atoms with Crippen LogP contribution in [0.4, 0.5) is 0 Å². The van der Waals surface area contributed by atoms with Crippen LogP contribution in [0, 0.1) is 6.92 Å². The summed E-state index contributed by atoms with van der Waals surface area (Å²) in [4.78, 5) is 19.5. The molecule has 208 valence electrons. The van der Waals surface area contributed by atoms with Crippen molar-refractivity contribution in [1.82, 2.24) is 9.62 Å². The monoisotopic (exact) mass is 551 g/mol. The lowest BCUT2D eigenvalue weighted by molar-refractivity contribution is -0.134. The maximum atomic E-state index is 13.6. The maximum Gasteiger partial charge on any atom is 0.241 e. The Morgan fingerprint density at radius 1 is 1.08 bits per heavy atom. The summed E-state index contributed by atoms with van der Waals surface area (Å²) in [6, 6.07) is 17.9. The number of aryl methyl sites for hydroxylation is 1. The Hall–Kier alpha value is -3.63. The fourth-order valence-corrected chi connectivity index (χ4v) is 6.33. The molecule has 1 aliphatic heterocycles. The highest BCUT2D eigenvalue weighted by molar-refractivity contribution is 7.89. The average Bonchev–Trinajstić information content (AvgIpc) is 2.93. The smallest absolute Gasteiger partial charge is 0.241 e. The molecule has 39 heavy (non-hydrogen) atoms. The largest absolute Gasteiger partial charge is 0.497 e. The molecule has 3 aromatic rings. The Bertz CT molecular complexity index is 1450.